The fourth-order valence-electron chi connectivity index (χ4n) is 4.78. The van der Waals surface area contributed by atoms with Crippen LogP contribution in [0.3, 0.4) is 0 Å². The molecule has 3 aromatic carbocycles. The molecule has 1 N–H and O–H groups in total. The number of aliphatic hydroxyl groups is 1. The van der Waals surface area contributed by atoms with E-state index < -0.39 is 23.5 Å². The number of carbonyl (C=O) groups is 2. The minimum Gasteiger partial charge on any atom is -0.507 e. The van der Waals surface area contributed by atoms with Crippen LogP contribution >= 0.6 is 0 Å². The highest BCUT2D eigenvalue weighted by Gasteiger charge is 2.45. The fraction of sp³-hybridized carbons (Fsp3) is 0.194. The highest BCUT2D eigenvalue weighted by atomic mass is 19.1. The summed E-state index contributed by atoms with van der Waals surface area (Å²) in [6.45, 7) is 3.28. The number of hydrogen-bond donors (Lipinski definition) is 1. The lowest BCUT2D eigenvalue weighted by Crippen LogP contribution is -2.31. The molecule has 7 nitrogen and oxygen atoms in total. The second-order valence-electron chi connectivity index (χ2n) is 9.50. The molecular formula is C31H28FN3O4. The van der Waals surface area contributed by atoms with Gasteiger partial charge in [0.15, 0.2) is 0 Å². The van der Waals surface area contributed by atoms with Crippen LogP contribution < -0.4 is 4.74 Å². The van der Waals surface area contributed by atoms with E-state index in [0.717, 1.165) is 11.1 Å². The van der Waals surface area contributed by atoms with Crippen molar-refractivity contribution < 1.29 is 23.8 Å². The summed E-state index contributed by atoms with van der Waals surface area (Å²) >= 11 is 0. The van der Waals surface area contributed by atoms with Gasteiger partial charge in [0.05, 0.1) is 17.9 Å². The van der Waals surface area contributed by atoms with Gasteiger partial charge in [0.2, 0.25) is 0 Å². The summed E-state index contributed by atoms with van der Waals surface area (Å²) < 4.78 is 21.5. The number of ether oxygens (including phenoxy) is 1. The van der Waals surface area contributed by atoms with E-state index in [-0.39, 0.29) is 17.9 Å². The first-order chi connectivity index (χ1) is 18.9. The third-order valence-electron chi connectivity index (χ3n) is 6.72. The number of aromatic nitrogens is 2. The Balaban J connectivity index is 1.41. The van der Waals surface area contributed by atoms with Crippen LogP contribution in [0.15, 0.2) is 97.1 Å². The number of rotatable bonds is 9. The van der Waals surface area contributed by atoms with Gasteiger partial charge in [-0.2, -0.15) is 0 Å². The van der Waals surface area contributed by atoms with E-state index in [0.29, 0.717) is 36.4 Å². The molecule has 2 heterocycles. The molecule has 198 valence electrons. The van der Waals surface area contributed by atoms with Gasteiger partial charge in [-0.1, -0.05) is 42.0 Å². The van der Waals surface area contributed by atoms with Gasteiger partial charge in [-0.15, -0.1) is 0 Å². The molecule has 1 aliphatic heterocycles. The van der Waals surface area contributed by atoms with Crippen molar-refractivity contribution in [1.29, 1.82) is 0 Å². The number of aryl methyl sites for hydroxylation is 2. The largest absolute Gasteiger partial charge is 0.507 e. The summed E-state index contributed by atoms with van der Waals surface area (Å²) in [5, 5.41) is 11.3. The SMILES string of the molecule is Cc1cccc(COc2ccc(C(O)=C3C(=O)C(=O)N(CCCn4ccnc4)[C@@H]3c3ccc(F)cc3)cc2)c1. The Kier molecular flexibility index (Phi) is 7.54. The number of likely N-dealkylation sites (tertiary alicyclic amines) is 1. The van der Waals surface area contributed by atoms with Crippen LogP contribution in [0.4, 0.5) is 4.39 Å². The van der Waals surface area contributed by atoms with E-state index >= 15 is 0 Å². The zero-order chi connectivity index (χ0) is 27.4. The summed E-state index contributed by atoms with van der Waals surface area (Å²) in [7, 11) is 0. The Morgan fingerprint density at radius 3 is 2.49 bits per heavy atom. The van der Waals surface area contributed by atoms with E-state index in [2.05, 4.69) is 4.98 Å². The van der Waals surface area contributed by atoms with Crippen molar-refractivity contribution in [3.63, 3.8) is 0 Å². The van der Waals surface area contributed by atoms with Gasteiger partial charge in [0, 0.05) is 31.0 Å². The number of nitrogens with zero attached hydrogens (tertiary/aromatic N) is 3. The van der Waals surface area contributed by atoms with Crippen molar-refractivity contribution >= 4 is 17.4 Å². The van der Waals surface area contributed by atoms with Crippen molar-refractivity contribution in [2.24, 2.45) is 0 Å². The Morgan fingerprint density at radius 1 is 1.03 bits per heavy atom. The minimum absolute atomic E-state index is 0.0253. The molecule has 0 saturated carbocycles. The molecule has 1 aromatic heterocycles. The van der Waals surface area contributed by atoms with E-state index in [1.165, 1.54) is 29.2 Å². The Morgan fingerprint density at radius 2 is 1.79 bits per heavy atom. The van der Waals surface area contributed by atoms with Crippen LogP contribution in [0.5, 0.6) is 5.75 Å². The first-order valence-electron chi connectivity index (χ1n) is 12.7. The van der Waals surface area contributed by atoms with E-state index in [4.69, 9.17) is 4.74 Å². The van der Waals surface area contributed by atoms with Crippen molar-refractivity contribution in [1.82, 2.24) is 14.5 Å². The van der Waals surface area contributed by atoms with Gasteiger partial charge in [-0.3, -0.25) is 9.59 Å². The lowest BCUT2D eigenvalue weighted by atomic mass is 9.95. The summed E-state index contributed by atoms with van der Waals surface area (Å²) in [6.07, 6.45) is 5.73. The molecule has 1 saturated heterocycles. The predicted octanol–water partition coefficient (Wildman–Crippen LogP) is 5.42. The monoisotopic (exact) mass is 525 g/mol. The molecule has 0 spiro atoms. The number of carbonyl (C=O) groups excluding carboxylic acids is 2. The third-order valence-corrected chi connectivity index (χ3v) is 6.72. The van der Waals surface area contributed by atoms with Crippen LogP contribution in [-0.2, 0) is 22.7 Å². The van der Waals surface area contributed by atoms with Crippen molar-refractivity contribution in [3.8, 4) is 5.75 Å². The summed E-state index contributed by atoms with van der Waals surface area (Å²) in [5.74, 6) is -1.59. The number of aliphatic hydroxyl groups excluding tert-OH is 1. The first-order valence-corrected chi connectivity index (χ1v) is 12.7. The summed E-state index contributed by atoms with van der Waals surface area (Å²) in [5.41, 5.74) is 3.07. The van der Waals surface area contributed by atoms with Gasteiger partial charge in [0.1, 0.15) is 23.9 Å². The molecule has 0 bridgehead atoms. The predicted molar refractivity (Wildman–Crippen MR) is 144 cm³/mol. The molecular weight excluding hydrogens is 497 g/mol. The van der Waals surface area contributed by atoms with Crippen LogP contribution in [0.1, 0.15) is 34.7 Å². The fourth-order valence-corrected chi connectivity index (χ4v) is 4.78. The number of hydrogen-bond acceptors (Lipinski definition) is 5. The quantitative estimate of drug-likeness (QED) is 0.179. The van der Waals surface area contributed by atoms with Gasteiger partial charge >= 0.3 is 0 Å². The van der Waals surface area contributed by atoms with E-state index in [1.807, 2.05) is 42.0 Å². The average Bonchev–Trinajstić information content (AvgIpc) is 3.55. The standard InChI is InChI=1S/C31H28FN3O4/c1-21-4-2-5-22(18-21)19-39-26-12-8-24(9-13-26)29(36)27-28(23-6-10-25(32)11-7-23)35(31(38)30(27)37)16-3-15-34-17-14-33-20-34/h2,4-14,17-18,20,28,36H,3,15-16,19H2,1H3/t28-/m1/s1. The van der Waals surface area contributed by atoms with Crippen LogP contribution in [-0.4, -0.2) is 37.8 Å². The number of imidazole rings is 1. The van der Waals surface area contributed by atoms with E-state index in [1.54, 1.807) is 36.8 Å². The Hall–Kier alpha value is -4.72. The summed E-state index contributed by atoms with van der Waals surface area (Å²) in [4.78, 5) is 31.8. The highest BCUT2D eigenvalue weighted by Crippen LogP contribution is 2.39. The molecule has 1 atom stereocenters. The lowest BCUT2D eigenvalue weighted by molar-refractivity contribution is -0.139. The molecule has 0 unspecified atom stereocenters. The van der Waals surface area contributed by atoms with Gasteiger partial charge in [-0.05, 0) is 60.9 Å². The first kappa shape index (κ1) is 25.9. The topological polar surface area (TPSA) is 84.7 Å². The molecule has 0 radical (unpaired) electrons. The number of halogens is 1. The smallest absolute Gasteiger partial charge is 0.295 e. The number of ketones is 1. The molecule has 5 rings (SSSR count). The molecule has 8 heteroatoms. The molecule has 1 amide bonds. The maximum atomic E-state index is 13.7. The van der Waals surface area contributed by atoms with Gasteiger partial charge < -0.3 is 19.3 Å². The Bertz CT molecular complexity index is 1500. The molecule has 1 aliphatic rings. The maximum Gasteiger partial charge on any atom is 0.295 e. The van der Waals surface area contributed by atoms with Crippen molar-refractivity contribution in [2.45, 2.75) is 32.5 Å². The summed E-state index contributed by atoms with van der Waals surface area (Å²) in [6, 6.07) is 19.5. The van der Waals surface area contributed by atoms with Gasteiger partial charge in [-0.25, -0.2) is 9.37 Å². The number of amides is 1. The second kappa shape index (κ2) is 11.3. The zero-order valence-corrected chi connectivity index (χ0v) is 21.5. The van der Waals surface area contributed by atoms with Crippen molar-refractivity contribution in [3.05, 3.63) is 125 Å². The van der Waals surface area contributed by atoms with Crippen LogP contribution in [0.2, 0.25) is 0 Å². The second-order valence-corrected chi connectivity index (χ2v) is 9.50. The lowest BCUT2D eigenvalue weighted by Gasteiger charge is -2.25. The molecule has 1 fully saturated rings. The maximum absolute atomic E-state index is 13.7. The van der Waals surface area contributed by atoms with Crippen LogP contribution in [0, 0.1) is 12.7 Å². The van der Waals surface area contributed by atoms with Gasteiger partial charge in [0.25, 0.3) is 11.7 Å². The molecule has 39 heavy (non-hydrogen) atoms. The molecule has 0 aliphatic carbocycles. The number of benzene rings is 3. The average molecular weight is 526 g/mol. The third kappa shape index (κ3) is 5.75. The number of Topliss-reactive ketones (excluding diaryl/α,β-unsaturated/α-hetero) is 1. The van der Waals surface area contributed by atoms with Crippen LogP contribution in [0.25, 0.3) is 5.76 Å². The zero-order valence-electron chi connectivity index (χ0n) is 21.5. The van der Waals surface area contributed by atoms with Crippen molar-refractivity contribution in [2.75, 3.05) is 6.54 Å². The highest BCUT2D eigenvalue weighted by molar-refractivity contribution is 6.46. The Labute approximate surface area is 225 Å². The molecule has 4 aromatic rings. The van der Waals surface area contributed by atoms with E-state index in [9.17, 15) is 19.1 Å². The minimum atomic E-state index is -0.842. The normalized spacial score (nSPS) is 16.6.